The van der Waals surface area contributed by atoms with Crippen LogP contribution in [0.15, 0.2) is 51.8 Å². The molecule has 1 atom stereocenters. The number of nitrogens with two attached hydrogens (primary N) is 1. The zero-order valence-corrected chi connectivity index (χ0v) is 19.7. The molecular formula is C21H18BrClN2O3S2. The summed E-state index contributed by atoms with van der Waals surface area (Å²) in [4.78, 5) is 23.7. The molecule has 0 spiro atoms. The van der Waals surface area contributed by atoms with E-state index in [4.69, 9.17) is 34.3 Å². The molecule has 3 rings (SSSR count). The number of primary amides is 1. The van der Waals surface area contributed by atoms with E-state index in [1.165, 1.54) is 11.8 Å². The molecular weight excluding hydrogens is 508 g/mol. The van der Waals surface area contributed by atoms with Gasteiger partial charge in [0, 0.05) is 17.9 Å². The van der Waals surface area contributed by atoms with Crippen molar-refractivity contribution in [1.82, 2.24) is 5.32 Å². The van der Waals surface area contributed by atoms with Crippen LogP contribution in [0.25, 0.3) is 6.08 Å². The number of rotatable bonds is 8. The van der Waals surface area contributed by atoms with Crippen molar-refractivity contribution in [3.8, 4) is 5.75 Å². The molecule has 2 aromatic rings. The van der Waals surface area contributed by atoms with Crippen LogP contribution in [0.3, 0.4) is 0 Å². The van der Waals surface area contributed by atoms with Crippen LogP contribution >= 0.6 is 51.5 Å². The highest BCUT2D eigenvalue weighted by atomic mass is 79.9. The second-order valence-corrected chi connectivity index (χ2v) is 9.63. The summed E-state index contributed by atoms with van der Waals surface area (Å²) in [5.74, 6) is 0.0709. The zero-order chi connectivity index (χ0) is 21.7. The summed E-state index contributed by atoms with van der Waals surface area (Å²) < 4.78 is 7.37. The van der Waals surface area contributed by atoms with Crippen molar-refractivity contribution < 1.29 is 14.3 Å². The molecule has 1 heterocycles. The molecule has 5 nitrogen and oxygen atoms in total. The third-order valence-corrected chi connectivity index (χ3v) is 6.31. The molecule has 0 bridgehead atoms. The molecule has 2 amide bonds. The summed E-state index contributed by atoms with van der Waals surface area (Å²) in [6, 6.07) is 13.1. The van der Waals surface area contributed by atoms with Crippen LogP contribution in [-0.4, -0.2) is 22.2 Å². The number of nitrogens with one attached hydrogen (secondary N) is 1. The number of amides is 2. The van der Waals surface area contributed by atoms with E-state index in [2.05, 4.69) is 21.2 Å². The zero-order valence-electron chi connectivity index (χ0n) is 15.7. The minimum atomic E-state index is -0.369. The van der Waals surface area contributed by atoms with Crippen molar-refractivity contribution in [2.24, 2.45) is 5.73 Å². The van der Waals surface area contributed by atoms with Crippen molar-refractivity contribution in [2.45, 2.75) is 25.4 Å². The number of ether oxygens (including phenoxy) is 1. The smallest absolute Gasteiger partial charge is 0.263 e. The number of hydrogen-bond acceptors (Lipinski definition) is 5. The molecule has 9 heteroatoms. The molecule has 0 aromatic heterocycles. The Labute approximate surface area is 197 Å². The van der Waals surface area contributed by atoms with Gasteiger partial charge >= 0.3 is 0 Å². The summed E-state index contributed by atoms with van der Waals surface area (Å²) in [6.07, 6.45) is 2.85. The first-order chi connectivity index (χ1) is 14.3. The van der Waals surface area contributed by atoms with Crippen LogP contribution in [0, 0.1) is 0 Å². The van der Waals surface area contributed by atoms with Crippen molar-refractivity contribution in [2.75, 3.05) is 0 Å². The Kier molecular flexibility index (Phi) is 7.93. The Morgan fingerprint density at radius 1 is 1.30 bits per heavy atom. The average Bonchev–Trinajstić information content (AvgIpc) is 3.00. The second kappa shape index (κ2) is 10.4. The number of thioether (sulfide) groups is 1. The SMILES string of the molecule is NC(=O)CCC(Cc1ccc(Cl)cc1)Oc1ccc(/C=C2/SC(=S)NC2=O)cc1Br. The van der Waals surface area contributed by atoms with Crippen molar-refractivity contribution in [3.05, 3.63) is 68.0 Å². The molecule has 1 saturated heterocycles. The topological polar surface area (TPSA) is 81.4 Å². The van der Waals surface area contributed by atoms with Crippen molar-refractivity contribution >= 4 is 73.7 Å². The normalized spacial score (nSPS) is 15.9. The van der Waals surface area contributed by atoms with E-state index in [0.717, 1.165) is 15.6 Å². The maximum atomic E-state index is 11.8. The van der Waals surface area contributed by atoms with Gasteiger partial charge in [0.25, 0.3) is 5.91 Å². The predicted octanol–water partition coefficient (Wildman–Crippen LogP) is 4.85. The quantitative estimate of drug-likeness (QED) is 0.380. The van der Waals surface area contributed by atoms with Gasteiger partial charge in [-0.1, -0.05) is 53.8 Å². The number of halogens is 2. The largest absolute Gasteiger partial charge is 0.489 e. The first kappa shape index (κ1) is 22.8. The van der Waals surface area contributed by atoms with E-state index < -0.39 is 0 Å². The fourth-order valence-electron chi connectivity index (χ4n) is 2.84. The molecule has 1 aliphatic heterocycles. The number of thiocarbonyl (C=S) groups is 1. The average molecular weight is 526 g/mol. The van der Waals surface area contributed by atoms with Gasteiger partial charge in [-0.25, -0.2) is 0 Å². The maximum Gasteiger partial charge on any atom is 0.263 e. The Morgan fingerprint density at radius 2 is 2.03 bits per heavy atom. The summed E-state index contributed by atoms with van der Waals surface area (Å²) in [5.41, 5.74) is 7.21. The van der Waals surface area contributed by atoms with Crippen molar-refractivity contribution in [3.63, 3.8) is 0 Å². The molecule has 30 heavy (non-hydrogen) atoms. The molecule has 0 aliphatic carbocycles. The minimum absolute atomic E-state index is 0.198. The fraction of sp³-hybridized carbons (Fsp3) is 0.190. The molecule has 1 fully saturated rings. The molecule has 1 aliphatic rings. The number of benzene rings is 2. The van der Waals surface area contributed by atoms with Crippen LogP contribution in [0.4, 0.5) is 0 Å². The monoisotopic (exact) mass is 524 g/mol. The van der Waals surface area contributed by atoms with E-state index in [1.807, 2.05) is 42.5 Å². The Balaban J connectivity index is 1.75. The van der Waals surface area contributed by atoms with Gasteiger partial charge in [-0.3, -0.25) is 9.59 Å². The summed E-state index contributed by atoms with van der Waals surface area (Å²) >= 11 is 15.7. The van der Waals surface area contributed by atoms with Gasteiger partial charge in [0.15, 0.2) is 0 Å². The molecule has 3 N–H and O–H groups in total. The second-order valence-electron chi connectivity index (χ2n) is 6.62. The van der Waals surface area contributed by atoms with E-state index in [9.17, 15) is 9.59 Å². The maximum absolute atomic E-state index is 11.8. The lowest BCUT2D eigenvalue weighted by molar-refractivity contribution is -0.118. The molecule has 1 unspecified atom stereocenters. The van der Waals surface area contributed by atoms with Crippen LogP contribution in [0.1, 0.15) is 24.0 Å². The lowest BCUT2D eigenvalue weighted by atomic mass is 10.0. The third-order valence-electron chi connectivity index (χ3n) is 4.28. The standard InChI is InChI=1S/C21H18BrClN2O3S2/c22-16-10-13(11-18-20(27)25-21(29)30-18)3-7-17(16)28-15(6-8-19(24)26)9-12-1-4-14(23)5-2-12/h1-5,7,10-11,15H,6,8-9H2,(H2,24,26)(H,25,27,29)/b18-11+. The summed E-state index contributed by atoms with van der Waals surface area (Å²) in [7, 11) is 0. The molecule has 2 aromatic carbocycles. The lowest BCUT2D eigenvalue weighted by Crippen LogP contribution is -2.23. The van der Waals surface area contributed by atoms with Gasteiger partial charge in [0.2, 0.25) is 5.91 Å². The van der Waals surface area contributed by atoms with Crippen LogP contribution in [-0.2, 0) is 16.0 Å². The van der Waals surface area contributed by atoms with Crippen LogP contribution in [0.5, 0.6) is 5.75 Å². The fourth-order valence-corrected chi connectivity index (χ4v) is 4.50. The number of carbonyl (C=O) groups is 2. The van der Waals surface area contributed by atoms with Gasteiger partial charge in [-0.2, -0.15) is 0 Å². The number of carbonyl (C=O) groups excluding carboxylic acids is 2. The van der Waals surface area contributed by atoms with Gasteiger partial charge in [-0.05, 0) is 63.8 Å². The Hall–Kier alpha value is -1.87. The summed E-state index contributed by atoms with van der Waals surface area (Å²) in [5, 5.41) is 3.26. The minimum Gasteiger partial charge on any atom is -0.489 e. The number of hydrogen-bond donors (Lipinski definition) is 2. The van der Waals surface area contributed by atoms with E-state index >= 15 is 0 Å². The first-order valence-corrected chi connectivity index (χ1v) is 11.4. The first-order valence-electron chi connectivity index (χ1n) is 9.04. The highest BCUT2D eigenvalue weighted by Gasteiger charge is 2.22. The predicted molar refractivity (Wildman–Crippen MR) is 128 cm³/mol. The van der Waals surface area contributed by atoms with E-state index in [0.29, 0.717) is 32.8 Å². The molecule has 0 radical (unpaired) electrons. The van der Waals surface area contributed by atoms with Crippen molar-refractivity contribution in [1.29, 1.82) is 0 Å². The van der Waals surface area contributed by atoms with E-state index in [1.54, 1.807) is 6.08 Å². The highest BCUT2D eigenvalue weighted by Crippen LogP contribution is 2.31. The lowest BCUT2D eigenvalue weighted by Gasteiger charge is -2.20. The van der Waals surface area contributed by atoms with E-state index in [-0.39, 0.29) is 24.3 Å². The van der Waals surface area contributed by atoms with Gasteiger partial charge < -0.3 is 15.8 Å². The third kappa shape index (κ3) is 6.57. The Morgan fingerprint density at radius 3 is 2.63 bits per heavy atom. The Bertz CT molecular complexity index is 1010. The van der Waals surface area contributed by atoms with Crippen LogP contribution in [0.2, 0.25) is 5.02 Å². The molecule has 0 saturated carbocycles. The van der Waals surface area contributed by atoms with Gasteiger partial charge in [-0.15, -0.1) is 0 Å². The molecule has 156 valence electrons. The highest BCUT2D eigenvalue weighted by molar-refractivity contribution is 9.10. The summed E-state index contributed by atoms with van der Waals surface area (Å²) in [6.45, 7) is 0. The van der Waals surface area contributed by atoms with Gasteiger partial charge in [0.05, 0.1) is 9.38 Å². The van der Waals surface area contributed by atoms with Crippen LogP contribution < -0.4 is 15.8 Å². The van der Waals surface area contributed by atoms with Gasteiger partial charge in [0.1, 0.15) is 16.2 Å².